The van der Waals surface area contributed by atoms with Crippen molar-refractivity contribution < 1.29 is 14.6 Å². The number of aliphatic carboxylic acids is 1. The van der Waals surface area contributed by atoms with Gasteiger partial charge in [-0.3, -0.25) is 4.79 Å². The largest absolute Gasteiger partial charge is 0.491 e. The van der Waals surface area contributed by atoms with E-state index < -0.39 is 11.4 Å². The Morgan fingerprint density at radius 2 is 1.82 bits per heavy atom. The van der Waals surface area contributed by atoms with Gasteiger partial charge in [0.05, 0.1) is 11.5 Å². The van der Waals surface area contributed by atoms with E-state index in [4.69, 9.17) is 9.84 Å². The summed E-state index contributed by atoms with van der Waals surface area (Å²) in [7, 11) is 0. The van der Waals surface area contributed by atoms with Gasteiger partial charge in [-0.05, 0) is 51.8 Å². The van der Waals surface area contributed by atoms with Crippen LogP contribution in [-0.2, 0) is 11.2 Å². The van der Waals surface area contributed by atoms with E-state index in [0.29, 0.717) is 6.42 Å². The lowest BCUT2D eigenvalue weighted by Crippen LogP contribution is -2.26. The average molecular weight is 236 g/mol. The molecule has 1 aromatic carbocycles. The lowest BCUT2D eigenvalue weighted by atomic mass is 9.86. The summed E-state index contributed by atoms with van der Waals surface area (Å²) in [6, 6.07) is 7.60. The van der Waals surface area contributed by atoms with Gasteiger partial charge in [-0.2, -0.15) is 0 Å². The predicted molar refractivity (Wildman–Crippen MR) is 67.3 cm³/mol. The molecule has 94 valence electrons. The van der Waals surface area contributed by atoms with Gasteiger partial charge < -0.3 is 9.84 Å². The molecular weight excluding hydrogens is 216 g/mol. The average Bonchev–Trinajstić information content (AvgIpc) is 2.19. The van der Waals surface area contributed by atoms with Crippen LogP contribution in [0.2, 0.25) is 0 Å². The molecular formula is C14H20O3. The monoisotopic (exact) mass is 236 g/mol. The van der Waals surface area contributed by atoms with Gasteiger partial charge >= 0.3 is 5.97 Å². The van der Waals surface area contributed by atoms with Crippen molar-refractivity contribution in [3.05, 3.63) is 29.8 Å². The maximum atomic E-state index is 11.0. The van der Waals surface area contributed by atoms with E-state index in [1.807, 2.05) is 38.1 Å². The van der Waals surface area contributed by atoms with E-state index in [1.54, 1.807) is 13.8 Å². The first-order valence-corrected chi connectivity index (χ1v) is 5.80. The second-order valence-electron chi connectivity index (χ2n) is 5.18. The van der Waals surface area contributed by atoms with Crippen LogP contribution in [0.15, 0.2) is 24.3 Å². The van der Waals surface area contributed by atoms with Crippen LogP contribution in [0.4, 0.5) is 0 Å². The normalized spacial score (nSPS) is 11.6. The second-order valence-corrected chi connectivity index (χ2v) is 5.18. The lowest BCUT2D eigenvalue weighted by Gasteiger charge is -2.19. The van der Waals surface area contributed by atoms with Gasteiger partial charge in [-0.15, -0.1) is 0 Å². The van der Waals surface area contributed by atoms with Crippen LogP contribution in [0.5, 0.6) is 5.75 Å². The predicted octanol–water partition coefficient (Wildman–Crippen LogP) is 3.13. The van der Waals surface area contributed by atoms with Crippen molar-refractivity contribution >= 4 is 5.97 Å². The molecule has 0 fully saturated rings. The van der Waals surface area contributed by atoms with Gasteiger partial charge in [0.1, 0.15) is 5.75 Å². The highest BCUT2D eigenvalue weighted by atomic mass is 16.5. The Bertz CT molecular complexity index is 377. The summed E-state index contributed by atoms with van der Waals surface area (Å²) in [6.07, 6.45) is 0.668. The van der Waals surface area contributed by atoms with Crippen molar-refractivity contribution in [2.45, 2.75) is 40.2 Å². The van der Waals surface area contributed by atoms with E-state index in [0.717, 1.165) is 11.3 Å². The van der Waals surface area contributed by atoms with Crippen molar-refractivity contribution in [2.75, 3.05) is 0 Å². The summed E-state index contributed by atoms with van der Waals surface area (Å²) in [4.78, 5) is 11.0. The summed E-state index contributed by atoms with van der Waals surface area (Å²) >= 11 is 0. The van der Waals surface area contributed by atoms with E-state index in [1.165, 1.54) is 0 Å². The summed E-state index contributed by atoms with van der Waals surface area (Å²) in [5.74, 6) is 0.0388. The standard InChI is InChI=1S/C14H20O3/c1-10(2)17-12-7-5-11(6-8-12)9-14(3,4)13(15)16/h5-8,10H,9H2,1-4H3,(H,15,16). The van der Waals surface area contributed by atoms with Crippen molar-refractivity contribution in [3.8, 4) is 5.75 Å². The number of hydrogen-bond acceptors (Lipinski definition) is 2. The van der Waals surface area contributed by atoms with Crippen LogP contribution >= 0.6 is 0 Å². The van der Waals surface area contributed by atoms with Gasteiger partial charge in [-0.25, -0.2) is 0 Å². The van der Waals surface area contributed by atoms with Crippen LogP contribution in [0.25, 0.3) is 0 Å². The molecule has 1 rings (SSSR count). The number of ether oxygens (including phenoxy) is 1. The maximum Gasteiger partial charge on any atom is 0.309 e. The van der Waals surface area contributed by atoms with Crippen LogP contribution in [-0.4, -0.2) is 17.2 Å². The molecule has 3 nitrogen and oxygen atoms in total. The van der Waals surface area contributed by atoms with Gasteiger partial charge in [0, 0.05) is 0 Å². The fraction of sp³-hybridized carbons (Fsp3) is 0.500. The molecule has 0 unspecified atom stereocenters. The van der Waals surface area contributed by atoms with Gasteiger partial charge in [0.2, 0.25) is 0 Å². The van der Waals surface area contributed by atoms with Crippen molar-refractivity contribution in [1.82, 2.24) is 0 Å². The molecule has 0 spiro atoms. The van der Waals surface area contributed by atoms with Gasteiger partial charge in [0.15, 0.2) is 0 Å². The Morgan fingerprint density at radius 1 is 1.29 bits per heavy atom. The molecule has 0 amide bonds. The van der Waals surface area contributed by atoms with E-state index >= 15 is 0 Å². The molecule has 0 aliphatic heterocycles. The third-order valence-electron chi connectivity index (χ3n) is 2.52. The highest BCUT2D eigenvalue weighted by molar-refractivity contribution is 5.74. The molecule has 0 aliphatic carbocycles. The van der Waals surface area contributed by atoms with Gasteiger partial charge in [0.25, 0.3) is 0 Å². The zero-order valence-electron chi connectivity index (χ0n) is 10.9. The second kappa shape index (κ2) is 5.21. The smallest absolute Gasteiger partial charge is 0.309 e. The Balaban J connectivity index is 2.72. The third-order valence-corrected chi connectivity index (χ3v) is 2.52. The highest BCUT2D eigenvalue weighted by Gasteiger charge is 2.27. The number of carboxylic acid groups (broad SMARTS) is 1. The van der Waals surface area contributed by atoms with Crippen LogP contribution in [0, 0.1) is 5.41 Å². The number of benzene rings is 1. The molecule has 1 N–H and O–H groups in total. The summed E-state index contributed by atoms with van der Waals surface area (Å²) in [5.41, 5.74) is 0.272. The maximum absolute atomic E-state index is 11.0. The molecule has 0 saturated carbocycles. The Hall–Kier alpha value is -1.51. The van der Waals surface area contributed by atoms with Crippen LogP contribution in [0.3, 0.4) is 0 Å². The lowest BCUT2D eigenvalue weighted by molar-refractivity contribution is -0.146. The Morgan fingerprint density at radius 3 is 2.24 bits per heavy atom. The molecule has 0 heterocycles. The zero-order valence-corrected chi connectivity index (χ0v) is 10.9. The van der Waals surface area contributed by atoms with Gasteiger partial charge in [-0.1, -0.05) is 12.1 Å². The fourth-order valence-corrected chi connectivity index (χ4v) is 1.54. The third kappa shape index (κ3) is 4.10. The van der Waals surface area contributed by atoms with E-state index in [-0.39, 0.29) is 6.10 Å². The number of carboxylic acids is 1. The van der Waals surface area contributed by atoms with Crippen molar-refractivity contribution in [1.29, 1.82) is 0 Å². The topological polar surface area (TPSA) is 46.5 Å². The number of rotatable bonds is 5. The quantitative estimate of drug-likeness (QED) is 0.854. The minimum absolute atomic E-state index is 0.149. The zero-order chi connectivity index (χ0) is 13.1. The molecule has 0 saturated heterocycles. The fourth-order valence-electron chi connectivity index (χ4n) is 1.54. The minimum Gasteiger partial charge on any atom is -0.491 e. The van der Waals surface area contributed by atoms with E-state index in [2.05, 4.69) is 0 Å². The molecule has 0 aromatic heterocycles. The Kier molecular flexibility index (Phi) is 4.16. The summed E-state index contributed by atoms with van der Waals surface area (Å²) in [6.45, 7) is 7.41. The molecule has 1 aromatic rings. The van der Waals surface area contributed by atoms with Crippen molar-refractivity contribution in [3.63, 3.8) is 0 Å². The summed E-state index contributed by atoms with van der Waals surface area (Å²) < 4.78 is 5.53. The first kappa shape index (κ1) is 13.6. The molecule has 17 heavy (non-hydrogen) atoms. The molecule has 0 bridgehead atoms. The first-order valence-electron chi connectivity index (χ1n) is 5.80. The Labute approximate surface area is 102 Å². The van der Waals surface area contributed by atoms with Crippen molar-refractivity contribution in [2.24, 2.45) is 5.41 Å². The number of hydrogen-bond donors (Lipinski definition) is 1. The molecule has 3 heteroatoms. The molecule has 0 aliphatic rings. The van der Waals surface area contributed by atoms with Crippen LogP contribution < -0.4 is 4.74 Å². The molecule has 0 radical (unpaired) electrons. The molecule has 0 atom stereocenters. The SMILES string of the molecule is CC(C)Oc1ccc(CC(C)(C)C(=O)O)cc1. The first-order chi connectivity index (χ1) is 7.81. The minimum atomic E-state index is -0.778. The van der Waals surface area contributed by atoms with E-state index in [9.17, 15) is 4.79 Å². The van der Waals surface area contributed by atoms with Crippen LogP contribution in [0.1, 0.15) is 33.3 Å². The summed E-state index contributed by atoms with van der Waals surface area (Å²) in [5, 5.41) is 9.05. The number of carbonyl (C=O) groups is 1. The highest BCUT2D eigenvalue weighted by Crippen LogP contribution is 2.23.